The molecule has 44 heavy (non-hydrogen) atoms. The molecule has 3 nitrogen and oxygen atoms in total. The van der Waals surface area contributed by atoms with E-state index in [1.165, 1.54) is 17.5 Å². The monoisotopic (exact) mass is 574 g/mol. The first-order chi connectivity index (χ1) is 21.3. The lowest BCUT2D eigenvalue weighted by molar-refractivity contribution is 0.584. The quantitative estimate of drug-likeness (QED) is 0.192. The van der Waals surface area contributed by atoms with Crippen LogP contribution in [-0.4, -0.2) is 11.2 Å². The fourth-order valence-electron chi connectivity index (χ4n) is 5.58. The molecule has 0 fully saturated rings. The van der Waals surface area contributed by atoms with Crippen molar-refractivity contribution in [1.82, 2.24) is 4.98 Å². The zero-order valence-electron chi connectivity index (χ0n) is 24.9. The number of para-hydroxylation sites is 1. The maximum Gasteiger partial charge on any atom is 0.229 e. The van der Waals surface area contributed by atoms with Crippen molar-refractivity contribution in [1.29, 1.82) is 0 Å². The van der Waals surface area contributed by atoms with Gasteiger partial charge in [0.1, 0.15) is 11.3 Å². The van der Waals surface area contributed by atoms with Gasteiger partial charge in [0, 0.05) is 17.3 Å². The van der Waals surface area contributed by atoms with Crippen LogP contribution in [0.5, 0.6) is 0 Å². The molecule has 0 radical (unpaired) electrons. The molecule has 7 aromatic rings. The number of benzene rings is 6. The van der Waals surface area contributed by atoms with Crippen LogP contribution in [0.1, 0.15) is 31.9 Å². The molecular formula is C40H31FN2O. The number of halogens is 1. The largest absolute Gasteiger partial charge is 0.436 e. The fourth-order valence-corrected chi connectivity index (χ4v) is 5.58. The Morgan fingerprint density at radius 1 is 0.682 bits per heavy atom. The van der Waals surface area contributed by atoms with Crippen molar-refractivity contribution in [3.8, 4) is 33.7 Å². The van der Waals surface area contributed by atoms with Crippen LogP contribution >= 0.6 is 0 Å². The van der Waals surface area contributed by atoms with Gasteiger partial charge in [-0.2, -0.15) is 0 Å². The van der Waals surface area contributed by atoms with Gasteiger partial charge >= 0.3 is 0 Å². The second-order valence-electron chi connectivity index (χ2n) is 12.1. The summed E-state index contributed by atoms with van der Waals surface area (Å²) in [5.41, 5.74) is 9.18. The summed E-state index contributed by atoms with van der Waals surface area (Å²) in [6.07, 6.45) is 1.91. The van der Waals surface area contributed by atoms with E-state index >= 15 is 0 Å². The summed E-state index contributed by atoms with van der Waals surface area (Å²) in [6, 6.07) is 41.7. The minimum absolute atomic E-state index is 0.106. The molecule has 0 N–H and O–H groups in total. The summed E-state index contributed by atoms with van der Waals surface area (Å²) < 4.78 is 20.1. The molecule has 1 heterocycles. The van der Waals surface area contributed by atoms with Gasteiger partial charge in [-0.3, -0.25) is 4.99 Å². The summed E-state index contributed by atoms with van der Waals surface area (Å²) in [6.45, 7) is 6.59. The summed E-state index contributed by atoms with van der Waals surface area (Å²) in [4.78, 5) is 9.98. The predicted molar refractivity (Wildman–Crippen MR) is 180 cm³/mol. The van der Waals surface area contributed by atoms with Crippen LogP contribution in [0.15, 0.2) is 137 Å². The van der Waals surface area contributed by atoms with Gasteiger partial charge in [0.05, 0.1) is 11.3 Å². The molecule has 0 saturated heterocycles. The van der Waals surface area contributed by atoms with Crippen LogP contribution in [0.25, 0.3) is 55.6 Å². The standard InChI is InChI=1S/C40H31FN2O/c1-40(2,3)31-23-35(29-13-9-12-28(22-29)26-18-20-32(41)21-19-26)38-37(24-31)44-39(43-38)34-16-6-7-17-36(34)42-25-30-14-8-11-27-10-4-5-15-33(27)30/h4-25H,1-3H3. The van der Waals surface area contributed by atoms with Crippen LogP contribution in [0, 0.1) is 5.82 Å². The number of aromatic nitrogens is 1. The molecule has 0 aliphatic carbocycles. The Kier molecular flexibility index (Phi) is 6.90. The number of aliphatic imine (C=N–C) groups is 1. The van der Waals surface area contributed by atoms with Crippen molar-refractivity contribution in [3.05, 3.63) is 144 Å². The number of hydrogen-bond acceptors (Lipinski definition) is 3. The van der Waals surface area contributed by atoms with Crippen LogP contribution in [0.2, 0.25) is 0 Å². The van der Waals surface area contributed by atoms with Crippen molar-refractivity contribution in [3.63, 3.8) is 0 Å². The topological polar surface area (TPSA) is 38.4 Å². The summed E-state index contributed by atoms with van der Waals surface area (Å²) in [5.74, 6) is 0.272. The molecular weight excluding hydrogens is 543 g/mol. The molecule has 0 atom stereocenters. The fraction of sp³-hybridized carbons (Fsp3) is 0.100. The van der Waals surface area contributed by atoms with Crippen molar-refractivity contribution >= 4 is 33.8 Å². The van der Waals surface area contributed by atoms with E-state index < -0.39 is 0 Å². The SMILES string of the molecule is CC(C)(C)c1cc(-c2cccc(-c3ccc(F)cc3)c2)c2nc(-c3ccccc3N=Cc3cccc4ccccc34)oc2c1. The average molecular weight is 575 g/mol. The molecule has 1 aromatic heterocycles. The van der Waals surface area contributed by atoms with Gasteiger partial charge in [0.2, 0.25) is 5.89 Å². The van der Waals surface area contributed by atoms with E-state index in [4.69, 9.17) is 14.4 Å². The number of rotatable bonds is 5. The number of hydrogen-bond donors (Lipinski definition) is 0. The molecule has 4 heteroatoms. The molecule has 0 spiro atoms. The van der Waals surface area contributed by atoms with Gasteiger partial charge in [0.15, 0.2) is 5.58 Å². The van der Waals surface area contributed by atoms with Gasteiger partial charge in [0.25, 0.3) is 0 Å². The number of fused-ring (bicyclic) bond motifs is 2. The summed E-state index contributed by atoms with van der Waals surface area (Å²) in [5, 5.41) is 2.33. The highest BCUT2D eigenvalue weighted by atomic mass is 19.1. The van der Waals surface area contributed by atoms with E-state index in [2.05, 4.69) is 75.4 Å². The van der Waals surface area contributed by atoms with E-state index in [1.54, 1.807) is 12.1 Å². The van der Waals surface area contributed by atoms with Crippen LogP contribution in [-0.2, 0) is 5.41 Å². The third-order valence-electron chi connectivity index (χ3n) is 8.01. The maximum absolute atomic E-state index is 13.6. The Bertz CT molecular complexity index is 2160. The maximum atomic E-state index is 13.6. The Hall–Kier alpha value is -5.35. The molecule has 7 rings (SSSR count). The molecule has 0 aliphatic rings. The summed E-state index contributed by atoms with van der Waals surface area (Å²) >= 11 is 0. The van der Waals surface area contributed by atoms with E-state index in [9.17, 15) is 4.39 Å². The highest BCUT2D eigenvalue weighted by Crippen LogP contribution is 2.39. The lowest BCUT2D eigenvalue weighted by Gasteiger charge is -2.20. The average Bonchev–Trinajstić information content (AvgIpc) is 3.48. The number of oxazole rings is 1. The third-order valence-corrected chi connectivity index (χ3v) is 8.01. The van der Waals surface area contributed by atoms with Crippen molar-refractivity contribution in [2.45, 2.75) is 26.2 Å². The zero-order chi connectivity index (χ0) is 30.3. The first kappa shape index (κ1) is 27.5. The molecule has 6 aromatic carbocycles. The van der Waals surface area contributed by atoms with Gasteiger partial charge in [-0.1, -0.05) is 106 Å². The zero-order valence-corrected chi connectivity index (χ0v) is 24.9. The van der Waals surface area contributed by atoms with E-state index in [1.807, 2.05) is 54.7 Å². The highest BCUT2D eigenvalue weighted by Gasteiger charge is 2.21. The van der Waals surface area contributed by atoms with Gasteiger partial charge in [-0.15, -0.1) is 0 Å². The normalized spacial score (nSPS) is 12.0. The van der Waals surface area contributed by atoms with Gasteiger partial charge in [-0.25, -0.2) is 9.37 Å². The summed E-state index contributed by atoms with van der Waals surface area (Å²) in [7, 11) is 0. The van der Waals surface area contributed by atoms with Gasteiger partial charge in [-0.05, 0) is 80.9 Å². The molecule has 0 bridgehead atoms. The Balaban J connectivity index is 1.35. The van der Waals surface area contributed by atoms with Crippen LogP contribution < -0.4 is 0 Å². The van der Waals surface area contributed by atoms with Crippen molar-refractivity contribution in [2.75, 3.05) is 0 Å². The molecule has 0 aliphatic heterocycles. The number of nitrogens with zero attached hydrogens (tertiary/aromatic N) is 2. The predicted octanol–water partition coefficient (Wildman–Crippen LogP) is 11.2. The van der Waals surface area contributed by atoms with E-state index in [0.717, 1.165) is 61.1 Å². The second-order valence-corrected chi connectivity index (χ2v) is 12.1. The lowest BCUT2D eigenvalue weighted by Crippen LogP contribution is -2.11. The van der Waals surface area contributed by atoms with Crippen LogP contribution in [0.4, 0.5) is 10.1 Å². The molecule has 0 amide bonds. The molecule has 214 valence electrons. The smallest absolute Gasteiger partial charge is 0.229 e. The van der Waals surface area contributed by atoms with Gasteiger partial charge < -0.3 is 4.42 Å². The lowest BCUT2D eigenvalue weighted by atomic mass is 9.85. The third kappa shape index (κ3) is 5.31. The highest BCUT2D eigenvalue weighted by molar-refractivity contribution is 6.01. The molecule has 0 unspecified atom stereocenters. The minimum Gasteiger partial charge on any atom is -0.436 e. The van der Waals surface area contributed by atoms with E-state index in [-0.39, 0.29) is 11.2 Å². The Morgan fingerprint density at radius 3 is 2.25 bits per heavy atom. The van der Waals surface area contributed by atoms with Crippen molar-refractivity contribution < 1.29 is 8.81 Å². The minimum atomic E-state index is -0.249. The molecule has 0 saturated carbocycles. The van der Waals surface area contributed by atoms with Crippen molar-refractivity contribution in [2.24, 2.45) is 4.99 Å². The Labute approximate surface area is 256 Å². The second kappa shape index (κ2) is 11.1. The van der Waals surface area contributed by atoms with Crippen LogP contribution in [0.3, 0.4) is 0 Å². The first-order valence-corrected chi connectivity index (χ1v) is 14.8. The Morgan fingerprint density at radius 2 is 1.41 bits per heavy atom. The van der Waals surface area contributed by atoms with E-state index in [0.29, 0.717) is 5.89 Å². The first-order valence-electron chi connectivity index (χ1n) is 14.8.